The summed E-state index contributed by atoms with van der Waals surface area (Å²) in [5.41, 5.74) is 1.34. The van der Waals surface area contributed by atoms with Crippen LogP contribution in [-0.2, 0) is 4.79 Å². The maximum atomic E-state index is 13.4. The number of anilines is 1. The summed E-state index contributed by atoms with van der Waals surface area (Å²) >= 11 is 3.11. The number of rotatable bonds is 5. The third-order valence-electron chi connectivity index (χ3n) is 2.59. The van der Waals surface area contributed by atoms with Crippen LogP contribution < -0.4 is 10.6 Å². The number of hydrogen-bond donors (Lipinski definition) is 2. The van der Waals surface area contributed by atoms with Gasteiger partial charge in [0, 0.05) is 18.2 Å². The predicted octanol–water partition coefficient (Wildman–Crippen LogP) is 3.22. The molecule has 1 rings (SSSR count). The minimum Gasteiger partial charge on any atom is -0.326 e. The van der Waals surface area contributed by atoms with E-state index in [2.05, 4.69) is 26.6 Å². The molecule has 0 saturated heterocycles. The first-order chi connectivity index (χ1) is 8.43. The Morgan fingerprint density at radius 1 is 1.50 bits per heavy atom. The van der Waals surface area contributed by atoms with Crippen molar-refractivity contribution >= 4 is 27.5 Å². The lowest BCUT2D eigenvalue weighted by molar-refractivity contribution is -0.116. The molecule has 0 aliphatic rings. The van der Waals surface area contributed by atoms with E-state index in [0.29, 0.717) is 16.6 Å². The van der Waals surface area contributed by atoms with Crippen molar-refractivity contribution in [3.8, 4) is 0 Å². The van der Waals surface area contributed by atoms with Crippen LogP contribution in [0, 0.1) is 12.7 Å². The molecule has 100 valence electrons. The van der Waals surface area contributed by atoms with Crippen molar-refractivity contribution in [1.29, 1.82) is 0 Å². The number of carbonyl (C=O) groups excluding carboxylic acids is 1. The van der Waals surface area contributed by atoms with Crippen molar-refractivity contribution in [2.75, 3.05) is 11.9 Å². The summed E-state index contributed by atoms with van der Waals surface area (Å²) < 4.78 is 13.8. The smallest absolute Gasteiger partial charge is 0.225 e. The lowest BCUT2D eigenvalue weighted by Gasteiger charge is -2.13. The summed E-state index contributed by atoms with van der Waals surface area (Å²) in [7, 11) is 0. The van der Waals surface area contributed by atoms with Gasteiger partial charge >= 0.3 is 0 Å². The van der Waals surface area contributed by atoms with Crippen LogP contribution >= 0.6 is 15.9 Å². The summed E-state index contributed by atoms with van der Waals surface area (Å²) in [6.07, 6.45) is 0.366. The Kier molecular flexibility index (Phi) is 5.75. The first kappa shape index (κ1) is 15.1. The molecule has 2 N–H and O–H groups in total. The van der Waals surface area contributed by atoms with Crippen molar-refractivity contribution < 1.29 is 9.18 Å². The van der Waals surface area contributed by atoms with Crippen LogP contribution in [-0.4, -0.2) is 18.5 Å². The molecule has 0 bridgehead atoms. The van der Waals surface area contributed by atoms with Gasteiger partial charge in [-0.2, -0.15) is 0 Å². The number of halogens is 2. The fourth-order valence-corrected chi connectivity index (χ4v) is 2.14. The summed E-state index contributed by atoms with van der Waals surface area (Å²) in [5.74, 6) is -0.496. The molecule has 18 heavy (non-hydrogen) atoms. The van der Waals surface area contributed by atoms with E-state index in [1.165, 1.54) is 6.07 Å². The minimum atomic E-state index is -0.379. The molecule has 0 heterocycles. The molecule has 0 aromatic heterocycles. The largest absolute Gasteiger partial charge is 0.326 e. The van der Waals surface area contributed by atoms with E-state index in [0.717, 1.165) is 12.1 Å². The molecule has 0 fully saturated rings. The van der Waals surface area contributed by atoms with Crippen molar-refractivity contribution in [3.63, 3.8) is 0 Å². The predicted molar refractivity (Wildman–Crippen MR) is 75.2 cm³/mol. The molecule has 0 saturated carbocycles. The lowest BCUT2D eigenvalue weighted by Crippen LogP contribution is -2.30. The topological polar surface area (TPSA) is 41.1 Å². The van der Waals surface area contributed by atoms with Crippen LogP contribution in [0.5, 0.6) is 0 Å². The van der Waals surface area contributed by atoms with Gasteiger partial charge < -0.3 is 10.6 Å². The van der Waals surface area contributed by atoms with Crippen LogP contribution in [0.15, 0.2) is 16.6 Å². The van der Waals surface area contributed by atoms with Crippen LogP contribution in [0.3, 0.4) is 0 Å². The highest BCUT2D eigenvalue weighted by Crippen LogP contribution is 2.24. The Morgan fingerprint density at radius 3 is 2.78 bits per heavy atom. The van der Waals surface area contributed by atoms with E-state index in [1.807, 2.05) is 20.8 Å². The molecule has 1 aromatic rings. The van der Waals surface area contributed by atoms with Gasteiger partial charge in [-0.15, -0.1) is 0 Å². The average molecular weight is 317 g/mol. The number of nitrogens with one attached hydrogen (secondary N) is 2. The zero-order chi connectivity index (χ0) is 13.7. The van der Waals surface area contributed by atoms with Crippen molar-refractivity contribution in [3.05, 3.63) is 28.0 Å². The number of hydrogen-bond acceptors (Lipinski definition) is 2. The lowest BCUT2D eigenvalue weighted by atomic mass is 10.1. The van der Waals surface area contributed by atoms with Gasteiger partial charge in [0.25, 0.3) is 0 Å². The standard InChI is InChI=1S/C13H18BrFN2O/c1-4-16-9(3)6-13(18)17-12-7-11(15)10(14)5-8(12)2/h5,7,9,16H,4,6H2,1-3H3,(H,17,18). The first-order valence-corrected chi connectivity index (χ1v) is 6.72. The second kappa shape index (κ2) is 6.85. The van der Waals surface area contributed by atoms with E-state index in [1.54, 1.807) is 6.07 Å². The van der Waals surface area contributed by atoms with Gasteiger partial charge in [0.05, 0.1) is 4.47 Å². The van der Waals surface area contributed by atoms with Crippen LogP contribution in [0.1, 0.15) is 25.8 Å². The first-order valence-electron chi connectivity index (χ1n) is 5.93. The number of benzene rings is 1. The Balaban J connectivity index is 2.67. The van der Waals surface area contributed by atoms with Crippen LogP contribution in [0.4, 0.5) is 10.1 Å². The molecule has 3 nitrogen and oxygen atoms in total. The molecule has 1 unspecified atom stereocenters. The molecule has 1 aromatic carbocycles. The van der Waals surface area contributed by atoms with E-state index in [-0.39, 0.29) is 17.8 Å². The fraction of sp³-hybridized carbons (Fsp3) is 0.462. The number of carbonyl (C=O) groups is 1. The maximum absolute atomic E-state index is 13.4. The SMILES string of the molecule is CCNC(C)CC(=O)Nc1cc(F)c(Br)cc1C. The zero-order valence-electron chi connectivity index (χ0n) is 10.8. The van der Waals surface area contributed by atoms with Gasteiger partial charge in [0.15, 0.2) is 0 Å². The van der Waals surface area contributed by atoms with E-state index in [4.69, 9.17) is 0 Å². The second-order valence-electron chi connectivity index (χ2n) is 4.29. The molecular weight excluding hydrogens is 299 g/mol. The molecule has 0 aliphatic carbocycles. The summed E-state index contributed by atoms with van der Waals surface area (Å²) in [6.45, 7) is 6.58. The number of aryl methyl sites for hydroxylation is 1. The van der Waals surface area contributed by atoms with Crippen molar-refractivity contribution in [1.82, 2.24) is 5.32 Å². The van der Waals surface area contributed by atoms with Crippen LogP contribution in [0.25, 0.3) is 0 Å². The Morgan fingerprint density at radius 2 is 2.17 bits per heavy atom. The summed E-state index contributed by atoms with van der Waals surface area (Å²) in [5, 5.41) is 5.88. The summed E-state index contributed by atoms with van der Waals surface area (Å²) in [6, 6.07) is 3.09. The monoisotopic (exact) mass is 316 g/mol. The molecule has 1 atom stereocenters. The highest BCUT2D eigenvalue weighted by atomic mass is 79.9. The highest BCUT2D eigenvalue weighted by Gasteiger charge is 2.11. The normalized spacial score (nSPS) is 12.3. The van der Waals surface area contributed by atoms with E-state index >= 15 is 0 Å². The maximum Gasteiger partial charge on any atom is 0.225 e. The van der Waals surface area contributed by atoms with Gasteiger partial charge in [-0.25, -0.2) is 4.39 Å². The molecule has 1 amide bonds. The number of amides is 1. The van der Waals surface area contributed by atoms with E-state index in [9.17, 15) is 9.18 Å². The minimum absolute atomic E-state index is 0.107. The van der Waals surface area contributed by atoms with Gasteiger partial charge in [0.2, 0.25) is 5.91 Å². The van der Waals surface area contributed by atoms with Gasteiger partial charge in [-0.3, -0.25) is 4.79 Å². The van der Waals surface area contributed by atoms with Gasteiger partial charge in [-0.05, 0) is 54.0 Å². The van der Waals surface area contributed by atoms with Crippen LogP contribution in [0.2, 0.25) is 0 Å². The van der Waals surface area contributed by atoms with E-state index < -0.39 is 0 Å². The quantitative estimate of drug-likeness (QED) is 0.875. The molecule has 0 radical (unpaired) electrons. The second-order valence-corrected chi connectivity index (χ2v) is 5.15. The zero-order valence-corrected chi connectivity index (χ0v) is 12.4. The average Bonchev–Trinajstić information content (AvgIpc) is 2.26. The molecule has 5 heteroatoms. The third-order valence-corrected chi connectivity index (χ3v) is 3.19. The Hall–Kier alpha value is -0.940. The van der Waals surface area contributed by atoms with Crippen molar-refractivity contribution in [2.45, 2.75) is 33.2 Å². The third kappa shape index (κ3) is 4.38. The van der Waals surface area contributed by atoms with Crippen molar-refractivity contribution in [2.24, 2.45) is 0 Å². The molecule has 0 aliphatic heterocycles. The molecule has 0 spiro atoms. The Labute approximate surface area is 115 Å². The van der Waals surface area contributed by atoms with Gasteiger partial charge in [-0.1, -0.05) is 6.92 Å². The fourth-order valence-electron chi connectivity index (χ4n) is 1.68. The Bertz CT molecular complexity index is 437. The van der Waals surface area contributed by atoms with Gasteiger partial charge in [0.1, 0.15) is 5.82 Å². The summed E-state index contributed by atoms with van der Waals surface area (Å²) in [4.78, 5) is 11.8. The highest BCUT2D eigenvalue weighted by molar-refractivity contribution is 9.10. The molecular formula is C13H18BrFN2O.